The Kier molecular flexibility index (Phi) is 4.89. The lowest BCUT2D eigenvalue weighted by Crippen LogP contribution is -2.47. The zero-order chi connectivity index (χ0) is 20.8. The number of anilines is 1. The summed E-state index contributed by atoms with van der Waals surface area (Å²) in [6.07, 6.45) is 1.73. The van der Waals surface area contributed by atoms with Crippen LogP contribution in [0, 0.1) is 6.57 Å². The standard InChI is InChI=1S/C21H17Cl2N3O3/c1-24-14-6-4-13(5-7-14)12-21-8-3-9-25(21)20(28)26(19(21)27)15-10-16(22)18(29-2)17(23)11-15/h4-7,10-11H,3,8-9,12H2,2H3. The lowest BCUT2D eigenvalue weighted by Gasteiger charge is -2.28. The molecule has 0 bridgehead atoms. The Morgan fingerprint density at radius 3 is 2.41 bits per heavy atom. The summed E-state index contributed by atoms with van der Waals surface area (Å²) >= 11 is 12.5. The third kappa shape index (κ3) is 3.02. The summed E-state index contributed by atoms with van der Waals surface area (Å²) in [6, 6.07) is 9.77. The number of ether oxygens (including phenoxy) is 1. The first kappa shape index (κ1) is 19.6. The van der Waals surface area contributed by atoms with E-state index in [2.05, 4.69) is 4.85 Å². The number of imide groups is 1. The maximum atomic E-state index is 13.5. The van der Waals surface area contributed by atoms with Gasteiger partial charge >= 0.3 is 6.03 Å². The quantitative estimate of drug-likeness (QED) is 0.501. The number of carbonyl (C=O) groups is 2. The van der Waals surface area contributed by atoms with Crippen LogP contribution in [0.5, 0.6) is 5.75 Å². The largest absolute Gasteiger partial charge is 0.494 e. The van der Waals surface area contributed by atoms with E-state index in [4.69, 9.17) is 34.5 Å². The van der Waals surface area contributed by atoms with Gasteiger partial charge < -0.3 is 9.64 Å². The SMILES string of the molecule is [C-]#[N+]c1ccc(CC23CCCN2C(=O)N(c2cc(Cl)c(OC)c(Cl)c2)C3=O)cc1. The molecule has 2 aliphatic rings. The summed E-state index contributed by atoms with van der Waals surface area (Å²) in [7, 11) is 1.45. The van der Waals surface area contributed by atoms with Crippen molar-refractivity contribution in [1.82, 2.24) is 4.90 Å². The minimum Gasteiger partial charge on any atom is -0.494 e. The Hall–Kier alpha value is -2.75. The van der Waals surface area contributed by atoms with E-state index < -0.39 is 5.54 Å². The molecule has 2 aliphatic heterocycles. The van der Waals surface area contributed by atoms with Crippen LogP contribution in [0.3, 0.4) is 0 Å². The molecule has 3 amide bonds. The normalized spacial score (nSPS) is 20.8. The highest BCUT2D eigenvalue weighted by molar-refractivity contribution is 6.38. The van der Waals surface area contributed by atoms with Gasteiger partial charge in [-0.2, -0.15) is 0 Å². The van der Waals surface area contributed by atoms with Crippen molar-refractivity contribution in [2.24, 2.45) is 0 Å². The summed E-state index contributed by atoms with van der Waals surface area (Å²) in [4.78, 5) is 32.9. The molecular weight excluding hydrogens is 413 g/mol. The number of rotatable bonds is 4. The number of hydrogen-bond donors (Lipinski definition) is 0. The van der Waals surface area contributed by atoms with Gasteiger partial charge in [0.25, 0.3) is 5.91 Å². The number of methoxy groups -OCH3 is 1. The van der Waals surface area contributed by atoms with Crippen molar-refractivity contribution in [2.75, 3.05) is 18.6 Å². The summed E-state index contributed by atoms with van der Waals surface area (Å²) in [5.41, 5.74) is 0.828. The van der Waals surface area contributed by atoms with Gasteiger partial charge in [-0.3, -0.25) is 4.79 Å². The third-order valence-electron chi connectivity index (χ3n) is 5.52. The number of halogens is 2. The number of amides is 3. The summed E-state index contributed by atoms with van der Waals surface area (Å²) in [5.74, 6) is 0.0119. The zero-order valence-corrected chi connectivity index (χ0v) is 17.1. The Balaban J connectivity index is 1.72. The van der Waals surface area contributed by atoms with E-state index in [0.29, 0.717) is 36.5 Å². The molecule has 0 spiro atoms. The lowest BCUT2D eigenvalue weighted by molar-refractivity contribution is -0.123. The molecule has 6 nitrogen and oxygen atoms in total. The number of fused-ring (bicyclic) bond motifs is 1. The second-order valence-electron chi connectivity index (χ2n) is 7.11. The molecule has 2 aromatic rings. The van der Waals surface area contributed by atoms with Crippen LogP contribution in [0.15, 0.2) is 36.4 Å². The Bertz CT molecular complexity index is 1030. The van der Waals surface area contributed by atoms with E-state index in [-0.39, 0.29) is 22.0 Å². The van der Waals surface area contributed by atoms with Crippen molar-refractivity contribution in [2.45, 2.75) is 24.8 Å². The van der Waals surface area contributed by atoms with Crippen molar-refractivity contribution in [1.29, 1.82) is 0 Å². The van der Waals surface area contributed by atoms with Gasteiger partial charge in [0, 0.05) is 13.0 Å². The highest BCUT2D eigenvalue weighted by Crippen LogP contribution is 2.44. The second-order valence-corrected chi connectivity index (χ2v) is 7.92. The van der Waals surface area contributed by atoms with Gasteiger partial charge in [-0.15, -0.1) is 0 Å². The lowest BCUT2D eigenvalue weighted by atomic mass is 9.88. The van der Waals surface area contributed by atoms with E-state index in [0.717, 1.165) is 16.9 Å². The molecule has 0 aliphatic carbocycles. The first-order valence-electron chi connectivity index (χ1n) is 9.07. The minimum absolute atomic E-state index is 0.228. The van der Waals surface area contributed by atoms with Crippen molar-refractivity contribution in [3.63, 3.8) is 0 Å². The molecule has 1 atom stereocenters. The molecule has 8 heteroatoms. The fourth-order valence-corrected chi connectivity index (χ4v) is 4.81. The van der Waals surface area contributed by atoms with Crippen molar-refractivity contribution in [3.8, 4) is 5.75 Å². The first-order chi connectivity index (χ1) is 13.9. The van der Waals surface area contributed by atoms with E-state index in [1.165, 1.54) is 19.2 Å². The third-order valence-corrected chi connectivity index (χ3v) is 6.08. The monoisotopic (exact) mass is 429 g/mol. The molecule has 4 rings (SSSR count). The first-order valence-corrected chi connectivity index (χ1v) is 9.82. The van der Waals surface area contributed by atoms with Crippen LogP contribution < -0.4 is 9.64 Å². The summed E-state index contributed by atoms with van der Waals surface area (Å²) in [5, 5.41) is 0.456. The van der Waals surface area contributed by atoms with Crippen LogP contribution in [-0.4, -0.2) is 36.0 Å². The molecule has 1 unspecified atom stereocenters. The average Bonchev–Trinajstić information content (AvgIpc) is 3.20. The van der Waals surface area contributed by atoms with Crippen LogP contribution in [-0.2, 0) is 11.2 Å². The van der Waals surface area contributed by atoms with Gasteiger partial charge in [-0.05, 0) is 30.5 Å². The maximum Gasteiger partial charge on any atom is 0.332 e. The molecule has 29 heavy (non-hydrogen) atoms. The molecule has 2 heterocycles. The van der Waals surface area contributed by atoms with Crippen LogP contribution in [0.4, 0.5) is 16.2 Å². The van der Waals surface area contributed by atoms with E-state index in [9.17, 15) is 9.59 Å². The second kappa shape index (κ2) is 7.25. The number of hydrogen-bond acceptors (Lipinski definition) is 3. The highest BCUT2D eigenvalue weighted by atomic mass is 35.5. The summed E-state index contributed by atoms with van der Waals surface area (Å²) in [6.45, 7) is 7.59. The van der Waals surface area contributed by atoms with Gasteiger partial charge in [-0.25, -0.2) is 14.5 Å². The topological polar surface area (TPSA) is 54.2 Å². The summed E-state index contributed by atoms with van der Waals surface area (Å²) < 4.78 is 5.16. The Labute approximate surface area is 178 Å². The zero-order valence-electron chi connectivity index (χ0n) is 15.6. The molecule has 2 saturated heterocycles. The Morgan fingerprint density at radius 2 is 1.83 bits per heavy atom. The highest BCUT2D eigenvalue weighted by Gasteiger charge is 2.59. The van der Waals surface area contributed by atoms with Gasteiger partial charge in [0.15, 0.2) is 11.4 Å². The molecule has 0 saturated carbocycles. The molecular formula is C21H17Cl2N3O3. The van der Waals surface area contributed by atoms with Gasteiger partial charge in [0.05, 0.1) is 29.4 Å². The van der Waals surface area contributed by atoms with Crippen molar-refractivity contribution in [3.05, 3.63) is 63.4 Å². The minimum atomic E-state index is -0.935. The predicted molar refractivity (Wildman–Crippen MR) is 111 cm³/mol. The van der Waals surface area contributed by atoms with Crippen LogP contribution in [0.1, 0.15) is 18.4 Å². The number of benzene rings is 2. The van der Waals surface area contributed by atoms with Gasteiger partial charge in [0.1, 0.15) is 5.54 Å². The molecule has 148 valence electrons. The average molecular weight is 430 g/mol. The van der Waals surface area contributed by atoms with Crippen molar-refractivity contribution < 1.29 is 14.3 Å². The maximum absolute atomic E-state index is 13.5. The van der Waals surface area contributed by atoms with Crippen molar-refractivity contribution >= 4 is 46.5 Å². The number of nitrogens with zero attached hydrogens (tertiary/aromatic N) is 3. The number of carbonyl (C=O) groups excluding carboxylic acids is 2. The molecule has 0 aromatic heterocycles. The fraction of sp³-hybridized carbons (Fsp3) is 0.286. The Morgan fingerprint density at radius 1 is 1.17 bits per heavy atom. The number of urea groups is 1. The van der Waals surface area contributed by atoms with E-state index >= 15 is 0 Å². The fourth-order valence-electron chi connectivity index (χ4n) is 4.18. The van der Waals surface area contributed by atoms with Gasteiger partial charge in [0.2, 0.25) is 0 Å². The smallest absolute Gasteiger partial charge is 0.332 e. The van der Waals surface area contributed by atoms with Gasteiger partial charge in [-0.1, -0.05) is 47.5 Å². The van der Waals surface area contributed by atoms with E-state index in [1.54, 1.807) is 17.0 Å². The van der Waals surface area contributed by atoms with Crippen LogP contribution in [0.2, 0.25) is 10.0 Å². The predicted octanol–water partition coefficient (Wildman–Crippen LogP) is 5.10. The molecule has 0 N–H and O–H groups in total. The van der Waals surface area contributed by atoms with Crippen LogP contribution in [0.25, 0.3) is 4.85 Å². The van der Waals surface area contributed by atoms with E-state index in [1.807, 2.05) is 12.1 Å². The molecule has 0 radical (unpaired) electrons. The molecule has 2 fully saturated rings. The molecule has 2 aromatic carbocycles. The van der Waals surface area contributed by atoms with Crippen LogP contribution >= 0.6 is 23.2 Å².